The average Bonchev–Trinajstić information content (AvgIpc) is 2.44. The summed E-state index contributed by atoms with van der Waals surface area (Å²) in [7, 11) is 0. The lowest BCUT2D eigenvalue weighted by Crippen LogP contribution is -1.67. The van der Waals surface area contributed by atoms with E-state index in [1.54, 1.807) is 11.3 Å². The van der Waals surface area contributed by atoms with Crippen molar-refractivity contribution >= 4 is 59.5 Å². The maximum atomic E-state index is 4.44. The van der Waals surface area contributed by atoms with Gasteiger partial charge in [-0.3, -0.25) is 0 Å². The van der Waals surface area contributed by atoms with E-state index in [4.69, 9.17) is 0 Å². The van der Waals surface area contributed by atoms with Crippen LogP contribution in [0, 0.1) is 0 Å². The van der Waals surface area contributed by atoms with E-state index >= 15 is 0 Å². The van der Waals surface area contributed by atoms with E-state index in [1.165, 1.54) is 4.70 Å². The summed E-state index contributed by atoms with van der Waals surface area (Å²) in [6, 6.07) is 8.12. The fourth-order valence-electron chi connectivity index (χ4n) is 1.05. The number of fused-ring (bicyclic) bond motifs is 1. The third kappa shape index (κ3) is 2.18. The van der Waals surface area contributed by atoms with Gasteiger partial charge >= 0.3 is 0 Å². The van der Waals surface area contributed by atoms with Gasteiger partial charge < -0.3 is 0 Å². The number of thiazole rings is 1. The molecule has 0 aliphatic carbocycles. The number of halogens is 2. The Balaban J connectivity index is 2.56. The van der Waals surface area contributed by atoms with Gasteiger partial charge in [-0.05, 0) is 50.1 Å². The topological polar surface area (TPSA) is 12.9 Å². The Morgan fingerprint density at radius 1 is 1.31 bits per heavy atom. The first kappa shape index (κ1) is 9.37. The third-order valence-corrected chi connectivity index (χ3v) is 2.98. The Morgan fingerprint density at radius 3 is 2.77 bits per heavy atom. The Kier molecular flexibility index (Phi) is 2.81. The van der Waals surface area contributed by atoms with E-state index in [9.17, 15) is 0 Å². The van der Waals surface area contributed by atoms with Gasteiger partial charge in [0.1, 0.15) is 5.01 Å². The Hall–Kier alpha value is -0.190. The highest BCUT2D eigenvalue weighted by molar-refractivity contribution is 9.28. The van der Waals surface area contributed by atoms with E-state index in [0.717, 1.165) is 13.9 Å². The van der Waals surface area contributed by atoms with Crippen LogP contribution in [0.25, 0.3) is 16.3 Å². The van der Waals surface area contributed by atoms with Crippen LogP contribution in [0.5, 0.6) is 0 Å². The molecule has 13 heavy (non-hydrogen) atoms. The van der Waals surface area contributed by atoms with Crippen molar-refractivity contribution < 1.29 is 0 Å². The fraction of sp³-hybridized carbons (Fsp3) is 0. The molecule has 0 atom stereocenters. The highest BCUT2D eigenvalue weighted by atomic mass is 79.9. The van der Waals surface area contributed by atoms with Crippen LogP contribution in [0.4, 0.5) is 0 Å². The van der Waals surface area contributed by atoms with Crippen LogP contribution in [0.2, 0.25) is 0 Å². The molecule has 66 valence electrons. The van der Waals surface area contributed by atoms with E-state index in [2.05, 4.69) is 42.9 Å². The van der Waals surface area contributed by atoms with E-state index in [0.29, 0.717) is 0 Å². The molecule has 0 fully saturated rings. The minimum atomic E-state index is 0.916. The van der Waals surface area contributed by atoms with Crippen LogP contribution >= 0.6 is 43.2 Å². The molecule has 1 aromatic carbocycles. The molecular weight excluding hydrogens is 314 g/mol. The van der Waals surface area contributed by atoms with E-state index in [-0.39, 0.29) is 0 Å². The molecule has 0 aliphatic heterocycles. The monoisotopic (exact) mass is 317 g/mol. The molecule has 0 radical (unpaired) electrons. The summed E-state index contributed by atoms with van der Waals surface area (Å²) in [6.07, 6.45) is 1.95. The zero-order chi connectivity index (χ0) is 9.26. The molecule has 0 N–H and O–H groups in total. The second kappa shape index (κ2) is 3.90. The average molecular weight is 319 g/mol. The maximum Gasteiger partial charge on any atom is 0.118 e. The maximum absolute atomic E-state index is 4.44. The molecule has 4 heteroatoms. The van der Waals surface area contributed by atoms with E-state index < -0.39 is 0 Å². The highest BCUT2D eigenvalue weighted by Crippen LogP contribution is 2.25. The molecular formula is C9H5Br2NS. The molecule has 0 bridgehead atoms. The number of nitrogens with zero attached hydrogens (tertiary/aromatic N) is 1. The van der Waals surface area contributed by atoms with Gasteiger partial charge in [-0.15, -0.1) is 11.3 Å². The molecule has 2 rings (SSSR count). The Bertz CT molecular complexity index is 424. The molecule has 0 amide bonds. The van der Waals surface area contributed by atoms with Crippen molar-refractivity contribution in [3.8, 4) is 0 Å². The molecule has 1 nitrogen and oxygen atoms in total. The number of hydrogen-bond donors (Lipinski definition) is 0. The number of aromatic nitrogens is 1. The summed E-state index contributed by atoms with van der Waals surface area (Å²) < 4.78 is 2.13. The molecule has 1 heterocycles. The predicted molar refractivity (Wildman–Crippen MR) is 65.5 cm³/mol. The number of rotatable bonds is 1. The van der Waals surface area contributed by atoms with Gasteiger partial charge in [-0.1, -0.05) is 12.1 Å². The number of benzene rings is 1. The molecule has 0 saturated heterocycles. The summed E-state index contributed by atoms with van der Waals surface area (Å²) in [5, 5.41) is 1.00. The van der Waals surface area contributed by atoms with Crippen molar-refractivity contribution in [2.45, 2.75) is 0 Å². The van der Waals surface area contributed by atoms with Crippen LogP contribution in [-0.4, -0.2) is 4.98 Å². The quantitative estimate of drug-likeness (QED) is 0.760. The summed E-state index contributed by atoms with van der Waals surface area (Å²) >= 11 is 8.30. The largest absolute Gasteiger partial charge is 0.237 e. The van der Waals surface area contributed by atoms with Crippen LogP contribution < -0.4 is 0 Å². The van der Waals surface area contributed by atoms with Crippen molar-refractivity contribution in [3.63, 3.8) is 0 Å². The van der Waals surface area contributed by atoms with Crippen LogP contribution in [0.1, 0.15) is 5.01 Å². The van der Waals surface area contributed by atoms with Gasteiger partial charge in [0, 0.05) is 0 Å². The SMILES string of the molecule is BrC(Br)=Cc1nc2ccccc2s1. The minimum absolute atomic E-state index is 0.916. The first-order valence-corrected chi connectivity index (χ1v) is 6.04. The Morgan fingerprint density at radius 2 is 2.08 bits per heavy atom. The molecule has 2 aromatic rings. The second-order valence-electron chi connectivity index (χ2n) is 2.45. The number of para-hydroxylation sites is 1. The van der Waals surface area contributed by atoms with Crippen LogP contribution in [0.15, 0.2) is 27.7 Å². The van der Waals surface area contributed by atoms with E-state index in [1.807, 2.05) is 24.3 Å². The van der Waals surface area contributed by atoms with Crippen molar-refractivity contribution in [1.29, 1.82) is 0 Å². The summed E-state index contributed by atoms with van der Waals surface area (Å²) in [5.74, 6) is 0. The molecule has 0 unspecified atom stereocenters. The lowest BCUT2D eigenvalue weighted by molar-refractivity contribution is 1.46. The van der Waals surface area contributed by atoms with Gasteiger partial charge in [0.2, 0.25) is 0 Å². The lowest BCUT2D eigenvalue weighted by Gasteiger charge is -1.81. The number of hydrogen-bond acceptors (Lipinski definition) is 2. The van der Waals surface area contributed by atoms with Crippen molar-refractivity contribution in [2.24, 2.45) is 0 Å². The third-order valence-electron chi connectivity index (χ3n) is 1.54. The summed E-state index contributed by atoms with van der Waals surface area (Å²) in [6.45, 7) is 0. The lowest BCUT2D eigenvalue weighted by atomic mass is 10.3. The molecule has 0 aliphatic rings. The smallest absolute Gasteiger partial charge is 0.118 e. The van der Waals surface area contributed by atoms with Gasteiger partial charge in [0.05, 0.1) is 13.6 Å². The zero-order valence-corrected chi connectivity index (χ0v) is 10.5. The fourth-order valence-corrected chi connectivity index (χ4v) is 2.69. The van der Waals surface area contributed by atoms with Crippen molar-refractivity contribution in [1.82, 2.24) is 4.98 Å². The molecule has 0 saturated carbocycles. The van der Waals surface area contributed by atoms with Gasteiger partial charge in [-0.25, -0.2) is 4.98 Å². The molecule has 0 spiro atoms. The van der Waals surface area contributed by atoms with Gasteiger partial charge in [0.15, 0.2) is 0 Å². The first-order chi connectivity index (χ1) is 6.25. The van der Waals surface area contributed by atoms with Crippen LogP contribution in [-0.2, 0) is 0 Å². The summed E-state index contributed by atoms with van der Waals surface area (Å²) in [5.41, 5.74) is 1.06. The Labute approximate surface area is 96.7 Å². The van der Waals surface area contributed by atoms with Crippen molar-refractivity contribution in [3.05, 3.63) is 32.7 Å². The molecule has 1 aromatic heterocycles. The standard InChI is InChI=1S/C9H5Br2NS/c10-8(11)5-9-12-6-3-1-2-4-7(6)13-9/h1-5H. The highest BCUT2D eigenvalue weighted by Gasteiger charge is 1.99. The second-order valence-corrected chi connectivity index (χ2v) is 6.29. The minimum Gasteiger partial charge on any atom is -0.237 e. The van der Waals surface area contributed by atoms with Crippen LogP contribution in [0.3, 0.4) is 0 Å². The van der Waals surface area contributed by atoms with Gasteiger partial charge in [0.25, 0.3) is 0 Å². The predicted octanol–water partition coefficient (Wildman–Crippen LogP) is 4.38. The zero-order valence-electron chi connectivity index (χ0n) is 6.50. The van der Waals surface area contributed by atoms with Crippen molar-refractivity contribution in [2.75, 3.05) is 0 Å². The summed E-state index contributed by atoms with van der Waals surface area (Å²) in [4.78, 5) is 4.44. The normalized spacial score (nSPS) is 10.3. The first-order valence-electron chi connectivity index (χ1n) is 3.64. The van der Waals surface area contributed by atoms with Gasteiger partial charge in [-0.2, -0.15) is 0 Å².